The van der Waals surface area contributed by atoms with Gasteiger partial charge >= 0.3 is 0 Å². The van der Waals surface area contributed by atoms with Gasteiger partial charge in [0.15, 0.2) is 11.5 Å². The first kappa shape index (κ1) is 13.1. The molecule has 1 heterocycles. The molecule has 0 aromatic heterocycles. The summed E-state index contributed by atoms with van der Waals surface area (Å²) < 4.78 is 16.6. The highest BCUT2D eigenvalue weighted by Gasteiger charge is 2.25. The van der Waals surface area contributed by atoms with E-state index >= 15 is 0 Å². The Bertz CT molecular complexity index is 654. The lowest BCUT2D eigenvalue weighted by Crippen LogP contribution is -2.41. The van der Waals surface area contributed by atoms with E-state index < -0.39 is 0 Å². The predicted octanol–water partition coefficient (Wildman–Crippen LogP) is 2.51. The van der Waals surface area contributed by atoms with Crippen molar-refractivity contribution in [1.82, 2.24) is 0 Å². The van der Waals surface area contributed by atoms with E-state index in [1.807, 2.05) is 31.2 Å². The maximum absolute atomic E-state index is 6.13. The minimum absolute atomic E-state index is 0.0150. The Kier molecular flexibility index (Phi) is 3.18. The van der Waals surface area contributed by atoms with E-state index in [4.69, 9.17) is 19.9 Å². The Morgan fingerprint density at radius 2 is 1.85 bits per heavy atom. The van der Waals surface area contributed by atoms with E-state index in [2.05, 4.69) is 0 Å². The zero-order chi connectivity index (χ0) is 14.3. The second-order valence-corrected chi connectivity index (χ2v) is 5.16. The molecule has 1 aliphatic heterocycles. The fourth-order valence-electron chi connectivity index (χ4n) is 2.70. The van der Waals surface area contributed by atoms with Crippen molar-refractivity contribution in [1.29, 1.82) is 0 Å². The van der Waals surface area contributed by atoms with Crippen LogP contribution in [0.3, 0.4) is 0 Å². The van der Waals surface area contributed by atoms with Gasteiger partial charge in [0.2, 0.25) is 0 Å². The molecule has 0 saturated carbocycles. The van der Waals surface area contributed by atoms with E-state index in [0.717, 1.165) is 40.0 Å². The van der Waals surface area contributed by atoms with Crippen molar-refractivity contribution >= 4 is 10.8 Å². The fourth-order valence-corrected chi connectivity index (χ4v) is 2.70. The number of benzene rings is 2. The number of nitrogens with two attached hydrogens (primary N) is 1. The number of hydrogen-bond donors (Lipinski definition) is 1. The molecule has 0 saturated heterocycles. The average Bonchev–Trinajstić information content (AvgIpc) is 2.47. The zero-order valence-electron chi connectivity index (χ0n) is 12.0. The van der Waals surface area contributed by atoms with Crippen LogP contribution in [0.5, 0.6) is 17.2 Å². The summed E-state index contributed by atoms with van der Waals surface area (Å²) in [6.07, 6.45) is 0.851. The molecule has 4 heteroatoms. The summed E-state index contributed by atoms with van der Waals surface area (Å²) >= 11 is 0. The third-order valence-corrected chi connectivity index (χ3v) is 3.95. The van der Waals surface area contributed by atoms with Crippen molar-refractivity contribution in [2.24, 2.45) is 5.73 Å². The van der Waals surface area contributed by atoms with Gasteiger partial charge in [-0.25, -0.2) is 0 Å². The molecule has 106 valence electrons. The van der Waals surface area contributed by atoms with Crippen LogP contribution < -0.4 is 19.9 Å². The van der Waals surface area contributed by atoms with Crippen molar-refractivity contribution in [3.63, 3.8) is 0 Å². The summed E-state index contributed by atoms with van der Waals surface area (Å²) in [7, 11) is 3.28. The van der Waals surface area contributed by atoms with Crippen LogP contribution in [-0.4, -0.2) is 26.4 Å². The predicted molar refractivity (Wildman–Crippen MR) is 78.8 cm³/mol. The van der Waals surface area contributed by atoms with E-state index in [1.165, 1.54) is 0 Å². The van der Waals surface area contributed by atoms with Gasteiger partial charge < -0.3 is 19.9 Å². The molecule has 2 aromatic carbocycles. The normalized spacial score (nSPS) is 21.2. The molecule has 2 aromatic rings. The lowest BCUT2D eigenvalue weighted by Gasteiger charge is -2.30. The molecular weight excluding hydrogens is 254 g/mol. The number of fused-ring (bicyclic) bond motifs is 3. The first-order chi connectivity index (χ1) is 9.63. The van der Waals surface area contributed by atoms with Gasteiger partial charge in [0.05, 0.1) is 14.2 Å². The van der Waals surface area contributed by atoms with Crippen LogP contribution in [0.2, 0.25) is 0 Å². The molecule has 4 nitrogen and oxygen atoms in total. The monoisotopic (exact) mass is 273 g/mol. The van der Waals surface area contributed by atoms with E-state index in [1.54, 1.807) is 14.2 Å². The Hall–Kier alpha value is -1.94. The lowest BCUT2D eigenvalue weighted by molar-refractivity contribution is 0.170. The van der Waals surface area contributed by atoms with Gasteiger partial charge in [-0.2, -0.15) is 0 Å². The summed E-state index contributed by atoms with van der Waals surface area (Å²) in [6.45, 7) is 2.01. The lowest BCUT2D eigenvalue weighted by atomic mass is 9.93. The van der Waals surface area contributed by atoms with Crippen molar-refractivity contribution in [2.45, 2.75) is 25.5 Å². The standard InChI is InChI=1S/C16H19NO3/c1-9-13(17)7-12-11-8-16(19-3)15(18-2)6-10(11)4-5-14(12)20-9/h4-6,8-9,13H,7,17H2,1-3H3. The summed E-state index contributed by atoms with van der Waals surface area (Å²) in [6, 6.07) is 8.05. The van der Waals surface area contributed by atoms with Crippen LogP contribution >= 0.6 is 0 Å². The van der Waals surface area contributed by atoms with Crippen molar-refractivity contribution in [2.75, 3.05) is 14.2 Å². The van der Waals surface area contributed by atoms with Crippen LogP contribution in [-0.2, 0) is 6.42 Å². The number of hydrogen-bond acceptors (Lipinski definition) is 4. The van der Waals surface area contributed by atoms with Crippen molar-refractivity contribution in [3.8, 4) is 17.2 Å². The quantitative estimate of drug-likeness (QED) is 0.913. The summed E-state index contributed by atoms with van der Waals surface area (Å²) in [5.41, 5.74) is 7.28. The molecule has 0 fully saturated rings. The van der Waals surface area contributed by atoms with Gasteiger partial charge in [0, 0.05) is 11.6 Å². The maximum atomic E-state index is 6.13. The van der Waals surface area contributed by atoms with E-state index in [9.17, 15) is 0 Å². The molecule has 2 N–H and O–H groups in total. The van der Waals surface area contributed by atoms with E-state index in [0.29, 0.717) is 0 Å². The third kappa shape index (κ3) is 1.96. The minimum Gasteiger partial charge on any atom is -0.493 e. The molecule has 1 aliphatic rings. The van der Waals surface area contributed by atoms with Crippen LogP contribution in [0.4, 0.5) is 0 Å². The second-order valence-electron chi connectivity index (χ2n) is 5.16. The van der Waals surface area contributed by atoms with Gasteiger partial charge in [-0.1, -0.05) is 6.07 Å². The summed E-state index contributed by atoms with van der Waals surface area (Å²) in [5.74, 6) is 2.37. The number of methoxy groups -OCH3 is 2. The summed E-state index contributed by atoms with van der Waals surface area (Å²) in [4.78, 5) is 0. The highest BCUT2D eigenvalue weighted by Crippen LogP contribution is 2.39. The third-order valence-electron chi connectivity index (χ3n) is 3.95. The van der Waals surface area contributed by atoms with Gasteiger partial charge in [0.25, 0.3) is 0 Å². The summed E-state index contributed by atoms with van der Waals surface area (Å²) in [5, 5.41) is 2.22. The molecule has 20 heavy (non-hydrogen) atoms. The van der Waals surface area contributed by atoms with Gasteiger partial charge in [-0.3, -0.25) is 0 Å². The van der Waals surface area contributed by atoms with Crippen LogP contribution in [0.1, 0.15) is 12.5 Å². The first-order valence-electron chi connectivity index (χ1n) is 6.74. The smallest absolute Gasteiger partial charge is 0.161 e. The van der Waals surface area contributed by atoms with E-state index in [-0.39, 0.29) is 12.1 Å². The Morgan fingerprint density at radius 3 is 2.55 bits per heavy atom. The van der Waals surface area contributed by atoms with Crippen LogP contribution in [0, 0.1) is 0 Å². The first-order valence-corrected chi connectivity index (χ1v) is 6.74. The molecule has 0 bridgehead atoms. The Morgan fingerprint density at radius 1 is 1.15 bits per heavy atom. The highest BCUT2D eigenvalue weighted by molar-refractivity contribution is 5.91. The van der Waals surface area contributed by atoms with Crippen molar-refractivity contribution in [3.05, 3.63) is 29.8 Å². The molecular formula is C16H19NO3. The Balaban J connectivity index is 2.22. The molecule has 0 aliphatic carbocycles. The maximum Gasteiger partial charge on any atom is 0.161 e. The molecule has 0 amide bonds. The fraction of sp³-hybridized carbons (Fsp3) is 0.375. The molecule has 3 rings (SSSR count). The van der Waals surface area contributed by atoms with Crippen molar-refractivity contribution < 1.29 is 14.2 Å². The molecule has 0 radical (unpaired) electrons. The zero-order valence-corrected chi connectivity index (χ0v) is 12.0. The number of rotatable bonds is 2. The number of ether oxygens (including phenoxy) is 3. The molecule has 0 spiro atoms. The highest BCUT2D eigenvalue weighted by atomic mass is 16.5. The topological polar surface area (TPSA) is 53.7 Å². The molecule has 2 unspecified atom stereocenters. The van der Waals surface area contributed by atoms with Gasteiger partial charge in [-0.05, 0) is 42.3 Å². The van der Waals surface area contributed by atoms with Gasteiger partial charge in [-0.15, -0.1) is 0 Å². The molecule has 2 atom stereocenters. The van der Waals surface area contributed by atoms with Crippen LogP contribution in [0.25, 0.3) is 10.8 Å². The average molecular weight is 273 g/mol. The van der Waals surface area contributed by atoms with Gasteiger partial charge in [0.1, 0.15) is 11.9 Å². The van der Waals surface area contributed by atoms with Crippen LogP contribution in [0.15, 0.2) is 24.3 Å². The SMILES string of the molecule is COc1cc2ccc3c(c2cc1OC)CC(N)C(C)O3. The second kappa shape index (κ2) is 4.87. The minimum atomic E-state index is 0.0150. The largest absolute Gasteiger partial charge is 0.493 e. The Labute approximate surface area is 118 Å².